The fourth-order valence-corrected chi connectivity index (χ4v) is 1.84. The van der Waals surface area contributed by atoms with Crippen LogP contribution in [0.1, 0.15) is 21.7 Å². The van der Waals surface area contributed by atoms with E-state index in [1.54, 1.807) is 19.4 Å². The summed E-state index contributed by atoms with van der Waals surface area (Å²) in [6.45, 7) is 0.472. The van der Waals surface area contributed by atoms with Gasteiger partial charge >= 0.3 is 0 Å². The zero-order valence-corrected chi connectivity index (χ0v) is 11.6. The number of nitrogens with zero attached hydrogens (tertiary/aromatic N) is 2. The highest BCUT2D eigenvalue weighted by molar-refractivity contribution is 5.96. The zero-order chi connectivity index (χ0) is 15.2. The van der Waals surface area contributed by atoms with Crippen LogP contribution in [-0.2, 0) is 6.54 Å². The van der Waals surface area contributed by atoms with Gasteiger partial charge in [0.2, 0.25) is 0 Å². The summed E-state index contributed by atoms with van der Waals surface area (Å²) >= 11 is 0. The van der Waals surface area contributed by atoms with E-state index in [0.717, 1.165) is 0 Å². The smallest absolute Gasteiger partial charge is 0.255 e. The molecule has 2 aromatic rings. The number of carbonyl (C=O) groups is 1. The lowest BCUT2D eigenvalue weighted by Gasteiger charge is -2.16. The Morgan fingerprint density at radius 1 is 1.52 bits per heavy atom. The molecule has 0 atom stereocenters. The third-order valence-electron chi connectivity index (χ3n) is 2.83. The molecule has 0 spiro atoms. The molecule has 0 saturated heterocycles. The molecule has 5 nitrogen and oxygen atoms in total. The van der Waals surface area contributed by atoms with Crippen LogP contribution in [0.3, 0.4) is 0 Å². The van der Waals surface area contributed by atoms with Crippen molar-refractivity contribution < 1.29 is 9.18 Å². The minimum absolute atomic E-state index is 0.145. The molecule has 3 N–H and O–H groups in total. The van der Waals surface area contributed by atoms with Gasteiger partial charge in [0.15, 0.2) is 0 Å². The van der Waals surface area contributed by atoms with Crippen LogP contribution < -0.4 is 5.73 Å². The molecule has 1 amide bonds. The molecule has 0 bridgehead atoms. The van der Waals surface area contributed by atoms with Crippen molar-refractivity contribution in [2.75, 3.05) is 13.6 Å². The zero-order valence-electron chi connectivity index (χ0n) is 11.6. The second kappa shape index (κ2) is 6.68. The third-order valence-corrected chi connectivity index (χ3v) is 2.83. The van der Waals surface area contributed by atoms with E-state index in [2.05, 4.69) is 21.8 Å². The molecule has 0 aliphatic carbocycles. The van der Waals surface area contributed by atoms with Crippen LogP contribution in [0.5, 0.6) is 0 Å². The first-order valence-corrected chi connectivity index (χ1v) is 6.34. The highest BCUT2D eigenvalue weighted by Crippen LogP contribution is 2.13. The minimum Gasteiger partial charge on any atom is -0.347 e. The van der Waals surface area contributed by atoms with Gasteiger partial charge < -0.3 is 15.6 Å². The monoisotopic (exact) mass is 286 g/mol. The number of nitrogens with one attached hydrogen (secondary N) is 1. The highest BCUT2D eigenvalue weighted by atomic mass is 19.1. The van der Waals surface area contributed by atoms with E-state index < -0.39 is 5.82 Å². The molecule has 2 rings (SSSR count). The number of hydrogen-bond donors (Lipinski definition) is 2. The van der Waals surface area contributed by atoms with Gasteiger partial charge in [-0.05, 0) is 18.2 Å². The molecule has 21 heavy (non-hydrogen) atoms. The van der Waals surface area contributed by atoms with Crippen LogP contribution in [0, 0.1) is 17.7 Å². The summed E-state index contributed by atoms with van der Waals surface area (Å²) in [6.07, 6.45) is 3.30. The maximum atomic E-state index is 13.3. The number of aromatic amines is 1. The van der Waals surface area contributed by atoms with E-state index in [1.165, 1.54) is 23.1 Å². The van der Waals surface area contributed by atoms with E-state index in [-0.39, 0.29) is 12.5 Å². The van der Waals surface area contributed by atoms with Gasteiger partial charge in [-0.15, -0.1) is 0 Å². The fourth-order valence-electron chi connectivity index (χ4n) is 1.84. The lowest BCUT2D eigenvalue weighted by molar-refractivity contribution is 0.0781. The van der Waals surface area contributed by atoms with Crippen molar-refractivity contribution in [1.82, 2.24) is 14.9 Å². The van der Waals surface area contributed by atoms with Crippen LogP contribution in [-0.4, -0.2) is 34.4 Å². The Hall–Kier alpha value is -2.65. The molecule has 0 aliphatic heterocycles. The predicted octanol–water partition coefficient (Wildman–Crippen LogP) is 1.13. The van der Waals surface area contributed by atoms with Crippen molar-refractivity contribution in [3.63, 3.8) is 0 Å². The van der Waals surface area contributed by atoms with Crippen LogP contribution in [0.15, 0.2) is 30.6 Å². The van der Waals surface area contributed by atoms with E-state index in [9.17, 15) is 9.18 Å². The number of H-pyrrole nitrogens is 1. The number of imidazole rings is 1. The average molecular weight is 286 g/mol. The Kier molecular flexibility index (Phi) is 4.69. The Labute approximate surface area is 122 Å². The number of halogens is 1. The van der Waals surface area contributed by atoms with E-state index in [1.807, 2.05) is 0 Å². The van der Waals surface area contributed by atoms with Crippen LogP contribution >= 0.6 is 0 Å². The largest absolute Gasteiger partial charge is 0.347 e. The maximum absolute atomic E-state index is 13.3. The second-order valence-electron chi connectivity index (χ2n) is 4.39. The first-order chi connectivity index (χ1) is 10.1. The van der Waals surface area contributed by atoms with Crippen molar-refractivity contribution in [2.45, 2.75) is 6.54 Å². The molecule has 108 valence electrons. The first kappa shape index (κ1) is 14.8. The van der Waals surface area contributed by atoms with Crippen LogP contribution in [0.2, 0.25) is 0 Å². The predicted molar refractivity (Wildman–Crippen MR) is 76.7 cm³/mol. The number of amides is 1. The third kappa shape index (κ3) is 3.68. The van der Waals surface area contributed by atoms with Crippen molar-refractivity contribution in [2.24, 2.45) is 5.73 Å². The molecule has 0 fully saturated rings. The minimum atomic E-state index is -0.443. The Balaban J connectivity index is 2.25. The van der Waals surface area contributed by atoms with Crippen molar-refractivity contribution in [3.05, 3.63) is 53.4 Å². The number of rotatable bonds is 3. The molecule has 0 aliphatic rings. The summed E-state index contributed by atoms with van der Waals surface area (Å²) in [5.41, 5.74) is 5.99. The SMILES string of the molecule is CN(Cc1ncc[nH]1)C(=O)c1ccc(F)cc1C#CCN. The van der Waals surface area contributed by atoms with Crippen LogP contribution in [0.25, 0.3) is 0 Å². The van der Waals surface area contributed by atoms with Crippen molar-refractivity contribution >= 4 is 5.91 Å². The number of carbonyl (C=O) groups excluding carboxylic acids is 1. The molecule has 0 radical (unpaired) electrons. The van der Waals surface area contributed by atoms with Crippen molar-refractivity contribution in [1.29, 1.82) is 0 Å². The Morgan fingerprint density at radius 2 is 2.33 bits per heavy atom. The van der Waals surface area contributed by atoms with Crippen molar-refractivity contribution in [3.8, 4) is 11.8 Å². The molecule has 0 unspecified atom stereocenters. The van der Waals surface area contributed by atoms with Gasteiger partial charge in [0, 0.05) is 25.0 Å². The highest BCUT2D eigenvalue weighted by Gasteiger charge is 2.16. The van der Waals surface area contributed by atoms with Gasteiger partial charge in [-0.25, -0.2) is 9.37 Å². The Bertz CT molecular complexity index is 685. The van der Waals surface area contributed by atoms with E-state index in [4.69, 9.17) is 5.73 Å². The number of nitrogens with two attached hydrogens (primary N) is 1. The molecule has 0 saturated carbocycles. The quantitative estimate of drug-likeness (QED) is 0.831. The van der Waals surface area contributed by atoms with E-state index in [0.29, 0.717) is 23.5 Å². The van der Waals surface area contributed by atoms with Gasteiger partial charge in [0.1, 0.15) is 11.6 Å². The normalized spacial score (nSPS) is 9.86. The molecule has 1 heterocycles. The van der Waals surface area contributed by atoms with Gasteiger partial charge in [-0.2, -0.15) is 0 Å². The summed E-state index contributed by atoms with van der Waals surface area (Å²) in [5, 5.41) is 0. The Morgan fingerprint density at radius 3 is 3.00 bits per heavy atom. The molecular weight excluding hydrogens is 271 g/mol. The summed E-state index contributed by atoms with van der Waals surface area (Å²) in [4.78, 5) is 20.9. The first-order valence-electron chi connectivity index (χ1n) is 6.34. The topological polar surface area (TPSA) is 75.0 Å². The van der Waals surface area contributed by atoms with Gasteiger partial charge in [-0.1, -0.05) is 11.8 Å². The standard InChI is InChI=1S/C15H15FN4O/c1-20(10-14-18-7-8-19-14)15(21)13-5-4-12(16)9-11(13)3-2-6-17/h4-5,7-9H,6,10,17H2,1H3,(H,18,19). The summed E-state index contributed by atoms with van der Waals surface area (Å²) < 4.78 is 13.3. The molecule has 6 heteroatoms. The number of aromatic nitrogens is 2. The van der Waals surface area contributed by atoms with E-state index >= 15 is 0 Å². The van der Waals surface area contributed by atoms with Gasteiger partial charge in [0.05, 0.1) is 18.7 Å². The van der Waals surface area contributed by atoms with Gasteiger partial charge in [0.25, 0.3) is 5.91 Å². The summed E-state index contributed by atoms with van der Waals surface area (Å²) in [6, 6.07) is 3.90. The average Bonchev–Trinajstić information content (AvgIpc) is 2.97. The van der Waals surface area contributed by atoms with Crippen LogP contribution in [0.4, 0.5) is 4.39 Å². The summed E-state index contributed by atoms with van der Waals surface area (Å²) in [5.74, 6) is 5.33. The lowest BCUT2D eigenvalue weighted by Crippen LogP contribution is -2.27. The number of benzene rings is 1. The lowest BCUT2D eigenvalue weighted by atomic mass is 10.1. The molecule has 1 aromatic heterocycles. The number of hydrogen-bond acceptors (Lipinski definition) is 3. The molecular formula is C15H15FN4O. The second-order valence-corrected chi connectivity index (χ2v) is 4.39. The fraction of sp³-hybridized carbons (Fsp3) is 0.200. The summed E-state index contributed by atoms with van der Waals surface area (Å²) in [7, 11) is 1.65. The molecule has 1 aromatic carbocycles. The van der Waals surface area contributed by atoms with Gasteiger partial charge in [-0.3, -0.25) is 4.79 Å². The maximum Gasteiger partial charge on any atom is 0.255 e.